The molecular formula is C16H28O3. The van der Waals surface area contributed by atoms with Gasteiger partial charge in [0.25, 0.3) is 0 Å². The lowest BCUT2D eigenvalue weighted by Crippen LogP contribution is -2.40. The predicted octanol–water partition coefficient (Wildman–Crippen LogP) is 3.31. The topological polar surface area (TPSA) is 34.3 Å². The lowest BCUT2D eigenvalue weighted by atomic mass is 9.75. The summed E-state index contributed by atoms with van der Waals surface area (Å²) in [5.41, 5.74) is 0.109. The van der Waals surface area contributed by atoms with Crippen LogP contribution in [0.25, 0.3) is 0 Å². The van der Waals surface area contributed by atoms with Crippen LogP contribution in [-0.4, -0.2) is 36.1 Å². The van der Waals surface area contributed by atoms with Gasteiger partial charge >= 0.3 is 0 Å². The van der Waals surface area contributed by atoms with E-state index in [-0.39, 0.29) is 11.2 Å². The van der Waals surface area contributed by atoms with Crippen molar-refractivity contribution in [2.75, 3.05) is 6.61 Å². The minimum absolute atomic E-state index is 0.00764. The highest BCUT2D eigenvalue weighted by Crippen LogP contribution is 2.47. The van der Waals surface area contributed by atoms with E-state index in [1.54, 1.807) is 0 Å². The third kappa shape index (κ3) is 2.84. The molecule has 3 rings (SSSR count). The molecule has 5 unspecified atom stereocenters. The first-order valence-corrected chi connectivity index (χ1v) is 7.92. The summed E-state index contributed by atoms with van der Waals surface area (Å²) in [6.45, 7) is 9.57. The third-order valence-electron chi connectivity index (χ3n) is 5.41. The smallest absolute Gasteiger partial charge is 0.0892 e. The maximum Gasteiger partial charge on any atom is 0.0892 e. The second kappa shape index (κ2) is 4.71. The van der Waals surface area contributed by atoms with Crippen molar-refractivity contribution < 1.29 is 14.2 Å². The van der Waals surface area contributed by atoms with Crippen molar-refractivity contribution in [3.63, 3.8) is 0 Å². The molecule has 0 amide bonds. The maximum absolute atomic E-state index is 6.17. The van der Waals surface area contributed by atoms with Gasteiger partial charge in [-0.2, -0.15) is 0 Å². The van der Waals surface area contributed by atoms with Crippen LogP contribution in [0.1, 0.15) is 59.8 Å². The molecule has 3 aliphatic rings. The summed E-state index contributed by atoms with van der Waals surface area (Å²) in [4.78, 5) is 0. The highest BCUT2D eigenvalue weighted by Gasteiger charge is 2.51. The average molecular weight is 268 g/mol. The number of epoxide rings is 2. The van der Waals surface area contributed by atoms with Crippen molar-refractivity contribution in [2.24, 2.45) is 5.92 Å². The molecule has 0 bridgehead atoms. The summed E-state index contributed by atoms with van der Waals surface area (Å²) in [5, 5.41) is 0. The van der Waals surface area contributed by atoms with Crippen LogP contribution in [0, 0.1) is 5.92 Å². The van der Waals surface area contributed by atoms with Crippen LogP contribution >= 0.6 is 0 Å². The Kier molecular flexibility index (Phi) is 3.43. The molecule has 2 saturated heterocycles. The van der Waals surface area contributed by atoms with Gasteiger partial charge in [0.15, 0.2) is 0 Å². The van der Waals surface area contributed by atoms with Crippen molar-refractivity contribution in [1.29, 1.82) is 0 Å². The summed E-state index contributed by atoms with van der Waals surface area (Å²) in [5.74, 6) is 0.651. The molecule has 0 aromatic rings. The van der Waals surface area contributed by atoms with E-state index >= 15 is 0 Å². The van der Waals surface area contributed by atoms with E-state index in [1.807, 2.05) is 0 Å². The Morgan fingerprint density at radius 3 is 2.58 bits per heavy atom. The summed E-state index contributed by atoms with van der Waals surface area (Å²) in [6, 6.07) is 0. The molecule has 1 aliphatic carbocycles. The van der Waals surface area contributed by atoms with E-state index in [4.69, 9.17) is 14.2 Å². The number of fused-ring (bicyclic) bond motifs is 1. The lowest BCUT2D eigenvalue weighted by Gasteiger charge is -2.39. The zero-order chi connectivity index (χ0) is 13.7. The van der Waals surface area contributed by atoms with Crippen LogP contribution in [0.2, 0.25) is 0 Å². The van der Waals surface area contributed by atoms with Crippen LogP contribution in [0.15, 0.2) is 0 Å². The fraction of sp³-hybridized carbons (Fsp3) is 1.00. The van der Waals surface area contributed by atoms with E-state index in [2.05, 4.69) is 27.7 Å². The van der Waals surface area contributed by atoms with E-state index < -0.39 is 0 Å². The van der Waals surface area contributed by atoms with Gasteiger partial charge in [-0.15, -0.1) is 0 Å². The Morgan fingerprint density at radius 1 is 1.26 bits per heavy atom. The summed E-state index contributed by atoms with van der Waals surface area (Å²) in [7, 11) is 0. The normalized spacial score (nSPS) is 42.3. The minimum Gasteiger partial charge on any atom is -0.375 e. The quantitative estimate of drug-likeness (QED) is 0.693. The van der Waals surface area contributed by atoms with Gasteiger partial charge in [0.05, 0.1) is 29.5 Å². The van der Waals surface area contributed by atoms with Crippen molar-refractivity contribution in [3.8, 4) is 0 Å². The van der Waals surface area contributed by atoms with Gasteiger partial charge < -0.3 is 14.2 Å². The molecule has 1 saturated carbocycles. The van der Waals surface area contributed by atoms with Gasteiger partial charge in [0, 0.05) is 6.61 Å². The Hall–Kier alpha value is -0.120. The number of ether oxygens (including phenoxy) is 3. The summed E-state index contributed by atoms with van der Waals surface area (Å²) in [6.07, 6.45) is 7.44. The zero-order valence-electron chi connectivity index (χ0n) is 12.8. The predicted molar refractivity (Wildman–Crippen MR) is 74.2 cm³/mol. The molecule has 0 radical (unpaired) electrons. The Labute approximate surface area is 117 Å². The first kappa shape index (κ1) is 13.8. The van der Waals surface area contributed by atoms with Gasteiger partial charge in [0.1, 0.15) is 0 Å². The first-order chi connectivity index (χ1) is 8.94. The van der Waals surface area contributed by atoms with E-state index in [9.17, 15) is 0 Å². The second-order valence-electron chi connectivity index (χ2n) is 7.22. The van der Waals surface area contributed by atoms with Crippen LogP contribution in [-0.2, 0) is 14.2 Å². The Morgan fingerprint density at radius 2 is 2.00 bits per heavy atom. The van der Waals surface area contributed by atoms with Crippen LogP contribution in [0.3, 0.4) is 0 Å². The Bertz CT molecular complexity index is 341. The number of hydrogen-bond donors (Lipinski definition) is 0. The fourth-order valence-corrected chi connectivity index (χ4v) is 3.84. The molecule has 5 atom stereocenters. The van der Waals surface area contributed by atoms with Gasteiger partial charge in [-0.25, -0.2) is 0 Å². The molecule has 110 valence electrons. The van der Waals surface area contributed by atoms with Crippen molar-refractivity contribution >= 4 is 0 Å². The SMILES string of the molecule is CCOC(C)(CCC1OC1(C)C)C1CCC2OC2C1. The van der Waals surface area contributed by atoms with Gasteiger partial charge in [0.2, 0.25) is 0 Å². The fourth-order valence-electron chi connectivity index (χ4n) is 3.84. The molecule has 2 aliphatic heterocycles. The number of rotatable bonds is 6. The van der Waals surface area contributed by atoms with Crippen LogP contribution in [0.5, 0.6) is 0 Å². The molecule has 0 N–H and O–H groups in total. The highest BCUT2D eigenvalue weighted by atomic mass is 16.6. The lowest BCUT2D eigenvalue weighted by molar-refractivity contribution is -0.0841. The average Bonchev–Trinajstić information content (AvgIpc) is 3.22. The van der Waals surface area contributed by atoms with Gasteiger partial charge in [-0.3, -0.25) is 0 Å². The second-order valence-corrected chi connectivity index (χ2v) is 7.22. The number of hydrogen-bond acceptors (Lipinski definition) is 3. The minimum atomic E-state index is 0.00764. The van der Waals surface area contributed by atoms with Crippen molar-refractivity contribution in [1.82, 2.24) is 0 Å². The molecule has 3 fully saturated rings. The van der Waals surface area contributed by atoms with Crippen LogP contribution < -0.4 is 0 Å². The molecule has 0 aromatic heterocycles. The van der Waals surface area contributed by atoms with Gasteiger partial charge in [-0.05, 0) is 65.7 Å². The molecule has 0 spiro atoms. The first-order valence-electron chi connectivity index (χ1n) is 7.92. The summed E-state index contributed by atoms with van der Waals surface area (Å²) >= 11 is 0. The summed E-state index contributed by atoms with van der Waals surface area (Å²) < 4.78 is 17.6. The largest absolute Gasteiger partial charge is 0.375 e. The van der Waals surface area contributed by atoms with Crippen molar-refractivity contribution in [2.45, 2.75) is 89.3 Å². The van der Waals surface area contributed by atoms with E-state index in [0.29, 0.717) is 24.2 Å². The molecule has 3 nitrogen and oxygen atoms in total. The zero-order valence-corrected chi connectivity index (χ0v) is 12.8. The molecule has 19 heavy (non-hydrogen) atoms. The van der Waals surface area contributed by atoms with E-state index in [1.165, 1.54) is 19.3 Å². The molecule has 0 aromatic carbocycles. The third-order valence-corrected chi connectivity index (χ3v) is 5.41. The molecule has 3 heteroatoms. The van der Waals surface area contributed by atoms with Crippen molar-refractivity contribution in [3.05, 3.63) is 0 Å². The monoisotopic (exact) mass is 268 g/mol. The maximum atomic E-state index is 6.17. The molecule has 2 heterocycles. The van der Waals surface area contributed by atoms with E-state index in [0.717, 1.165) is 19.4 Å². The molecular weight excluding hydrogens is 240 g/mol. The highest BCUT2D eigenvalue weighted by molar-refractivity contribution is 5.00. The van der Waals surface area contributed by atoms with Gasteiger partial charge in [-0.1, -0.05) is 0 Å². The van der Waals surface area contributed by atoms with Crippen LogP contribution in [0.4, 0.5) is 0 Å². The standard InChI is InChI=1S/C16H28O3/c1-5-17-16(4,9-8-14-15(2,3)19-14)11-6-7-12-13(10-11)18-12/h11-14H,5-10H2,1-4H3. The Balaban J connectivity index is 1.57.